The zero-order chi connectivity index (χ0) is 17.0. The number of benzene rings is 1. The first kappa shape index (κ1) is 18.6. The van der Waals surface area contributed by atoms with E-state index >= 15 is 0 Å². The lowest BCUT2D eigenvalue weighted by molar-refractivity contribution is -0.680. The van der Waals surface area contributed by atoms with Crippen LogP contribution < -0.4 is 20.1 Å². The van der Waals surface area contributed by atoms with Crippen LogP contribution in [0.25, 0.3) is 0 Å². The van der Waals surface area contributed by atoms with E-state index in [1.54, 1.807) is 7.11 Å². The molecule has 5 nitrogen and oxygen atoms in total. The van der Waals surface area contributed by atoms with Crippen molar-refractivity contribution < 1.29 is 19.6 Å². The van der Waals surface area contributed by atoms with Crippen LogP contribution in [0.4, 0.5) is 0 Å². The Bertz CT molecular complexity index is 485. The number of nitrogens with two attached hydrogens (primary N) is 1. The summed E-state index contributed by atoms with van der Waals surface area (Å²) in [7, 11) is 1.62. The minimum atomic E-state index is 0.0840. The molecule has 1 aliphatic rings. The summed E-state index contributed by atoms with van der Waals surface area (Å²) in [5, 5.41) is 5.13. The molecule has 1 aliphatic carbocycles. The second-order valence-corrected chi connectivity index (χ2v) is 6.39. The monoisotopic (exact) mass is 335 g/mol. The van der Waals surface area contributed by atoms with Gasteiger partial charge in [0.1, 0.15) is 6.61 Å². The van der Waals surface area contributed by atoms with E-state index in [0.29, 0.717) is 37.2 Å². The van der Waals surface area contributed by atoms with Gasteiger partial charge < -0.3 is 20.1 Å². The summed E-state index contributed by atoms with van der Waals surface area (Å²) in [4.78, 5) is 12.0. The van der Waals surface area contributed by atoms with Crippen LogP contribution in [0.5, 0.6) is 11.5 Å². The number of hydrogen-bond acceptors (Lipinski definition) is 3. The molecule has 0 radical (unpaired) electrons. The molecule has 1 aromatic carbocycles. The number of hydrogen-bond donors (Lipinski definition) is 2. The largest absolute Gasteiger partial charge is 0.493 e. The molecule has 2 rings (SSSR count). The Morgan fingerprint density at radius 1 is 1.12 bits per heavy atom. The van der Waals surface area contributed by atoms with Gasteiger partial charge in [-0.25, -0.2) is 0 Å². The average Bonchev–Trinajstić information content (AvgIpc) is 2.58. The van der Waals surface area contributed by atoms with Gasteiger partial charge in [-0.2, -0.15) is 0 Å². The van der Waals surface area contributed by atoms with Crippen LogP contribution in [0.2, 0.25) is 0 Å². The topological polar surface area (TPSA) is 64.2 Å². The number of carbonyl (C=O) groups excluding carboxylic acids is 1. The number of methoxy groups -OCH3 is 1. The van der Waals surface area contributed by atoms with Crippen LogP contribution in [-0.4, -0.2) is 38.8 Å². The lowest BCUT2D eigenvalue weighted by Gasteiger charge is -2.18. The van der Waals surface area contributed by atoms with Crippen molar-refractivity contribution in [1.82, 2.24) is 5.32 Å². The number of nitrogens with one attached hydrogen (secondary N) is 1. The van der Waals surface area contributed by atoms with E-state index < -0.39 is 0 Å². The molecule has 1 amide bonds. The Morgan fingerprint density at radius 3 is 2.50 bits per heavy atom. The molecule has 0 unspecified atom stereocenters. The fourth-order valence-electron chi connectivity index (χ4n) is 3.16. The fraction of sp³-hybridized carbons (Fsp3) is 0.632. The third kappa shape index (κ3) is 6.79. The SMILES string of the molecule is COc1ccccc1OCCNC(=O)C[NH2+]C1CCCCCCC1. The van der Waals surface area contributed by atoms with E-state index in [2.05, 4.69) is 10.6 Å². The van der Waals surface area contributed by atoms with Gasteiger partial charge in [0, 0.05) is 0 Å². The van der Waals surface area contributed by atoms with E-state index in [-0.39, 0.29) is 5.91 Å². The Balaban J connectivity index is 1.59. The molecule has 0 spiro atoms. The van der Waals surface area contributed by atoms with Gasteiger partial charge in [-0.1, -0.05) is 31.4 Å². The second kappa shape index (κ2) is 10.9. The highest BCUT2D eigenvalue weighted by Crippen LogP contribution is 2.25. The Kier molecular flexibility index (Phi) is 8.46. The summed E-state index contributed by atoms with van der Waals surface area (Å²) >= 11 is 0. The zero-order valence-corrected chi connectivity index (χ0v) is 14.8. The molecule has 1 saturated carbocycles. The van der Waals surface area contributed by atoms with Gasteiger partial charge in [-0.15, -0.1) is 0 Å². The van der Waals surface area contributed by atoms with E-state index in [1.165, 1.54) is 44.9 Å². The van der Waals surface area contributed by atoms with Gasteiger partial charge in [0.2, 0.25) is 0 Å². The molecule has 0 aliphatic heterocycles. The molecule has 24 heavy (non-hydrogen) atoms. The quantitative estimate of drug-likeness (QED) is 0.713. The van der Waals surface area contributed by atoms with Gasteiger partial charge in [0.05, 0.1) is 19.7 Å². The first-order chi connectivity index (χ1) is 11.8. The van der Waals surface area contributed by atoms with E-state index in [9.17, 15) is 4.79 Å². The summed E-state index contributed by atoms with van der Waals surface area (Å²) in [6.45, 7) is 1.46. The molecule has 1 aromatic rings. The maximum Gasteiger partial charge on any atom is 0.275 e. The standard InChI is InChI=1S/C19H30N2O3/c1-23-17-11-7-8-12-18(17)24-14-13-20-19(22)15-21-16-9-5-3-2-4-6-10-16/h7-8,11-12,16,21H,2-6,9-10,13-15H2,1H3,(H,20,22)/p+1. The fourth-order valence-corrected chi connectivity index (χ4v) is 3.16. The maximum atomic E-state index is 12.0. The summed E-state index contributed by atoms with van der Waals surface area (Å²) < 4.78 is 10.9. The normalized spacial score (nSPS) is 16.0. The average molecular weight is 335 g/mol. The number of rotatable bonds is 8. The lowest BCUT2D eigenvalue weighted by atomic mass is 9.97. The summed E-state index contributed by atoms with van der Waals surface area (Å²) in [6.07, 6.45) is 9.15. The predicted molar refractivity (Wildman–Crippen MR) is 94.4 cm³/mol. The molecule has 0 bridgehead atoms. The van der Waals surface area contributed by atoms with Crippen molar-refractivity contribution in [3.8, 4) is 11.5 Å². The summed E-state index contributed by atoms with van der Waals surface area (Å²) in [5.41, 5.74) is 0. The number of carbonyl (C=O) groups is 1. The highest BCUT2D eigenvalue weighted by molar-refractivity contribution is 5.76. The third-order valence-electron chi connectivity index (χ3n) is 4.54. The van der Waals surface area contributed by atoms with Crippen molar-refractivity contribution in [2.75, 3.05) is 26.8 Å². The number of ether oxygens (including phenoxy) is 2. The van der Waals surface area contributed by atoms with Crippen LogP contribution in [0, 0.1) is 0 Å². The highest BCUT2D eigenvalue weighted by Gasteiger charge is 2.15. The predicted octanol–water partition coefficient (Wildman–Crippen LogP) is 1.87. The van der Waals surface area contributed by atoms with Crippen LogP contribution in [0.3, 0.4) is 0 Å². The maximum absolute atomic E-state index is 12.0. The molecule has 3 N–H and O–H groups in total. The number of para-hydroxylation sites is 2. The van der Waals surface area contributed by atoms with Crippen molar-refractivity contribution in [1.29, 1.82) is 0 Å². The smallest absolute Gasteiger partial charge is 0.275 e. The second-order valence-electron chi connectivity index (χ2n) is 6.39. The summed E-state index contributed by atoms with van der Waals surface area (Å²) in [6, 6.07) is 8.14. The Hall–Kier alpha value is -1.75. The minimum Gasteiger partial charge on any atom is -0.493 e. The molecule has 1 fully saturated rings. The third-order valence-corrected chi connectivity index (χ3v) is 4.54. The van der Waals surface area contributed by atoms with Gasteiger partial charge in [-0.3, -0.25) is 4.79 Å². The van der Waals surface area contributed by atoms with E-state index in [1.807, 2.05) is 24.3 Å². The Morgan fingerprint density at radius 2 is 1.79 bits per heavy atom. The molecular formula is C19H31N2O3+. The molecule has 134 valence electrons. The minimum absolute atomic E-state index is 0.0840. The van der Waals surface area contributed by atoms with E-state index in [4.69, 9.17) is 9.47 Å². The van der Waals surface area contributed by atoms with Crippen molar-refractivity contribution in [2.45, 2.75) is 51.0 Å². The zero-order valence-electron chi connectivity index (χ0n) is 14.8. The van der Waals surface area contributed by atoms with Gasteiger partial charge in [0.15, 0.2) is 18.0 Å². The molecule has 0 atom stereocenters. The molecule has 5 heteroatoms. The summed E-state index contributed by atoms with van der Waals surface area (Å²) in [5.74, 6) is 1.50. The van der Waals surface area contributed by atoms with Crippen LogP contribution in [0.1, 0.15) is 44.9 Å². The molecule has 0 aromatic heterocycles. The van der Waals surface area contributed by atoms with Crippen molar-refractivity contribution in [3.63, 3.8) is 0 Å². The first-order valence-corrected chi connectivity index (χ1v) is 9.15. The first-order valence-electron chi connectivity index (χ1n) is 9.15. The molecular weight excluding hydrogens is 304 g/mol. The number of amides is 1. The van der Waals surface area contributed by atoms with E-state index in [0.717, 1.165) is 0 Å². The van der Waals surface area contributed by atoms with Gasteiger partial charge >= 0.3 is 0 Å². The van der Waals surface area contributed by atoms with Gasteiger partial charge in [-0.05, 0) is 37.8 Å². The number of quaternary nitrogens is 1. The van der Waals surface area contributed by atoms with Crippen LogP contribution >= 0.6 is 0 Å². The van der Waals surface area contributed by atoms with Crippen LogP contribution in [-0.2, 0) is 4.79 Å². The Labute approximate surface area is 145 Å². The highest BCUT2D eigenvalue weighted by atomic mass is 16.5. The lowest BCUT2D eigenvalue weighted by Crippen LogP contribution is -2.92. The van der Waals surface area contributed by atoms with Crippen molar-refractivity contribution in [2.24, 2.45) is 0 Å². The van der Waals surface area contributed by atoms with Crippen molar-refractivity contribution in [3.05, 3.63) is 24.3 Å². The molecule has 0 saturated heterocycles. The van der Waals surface area contributed by atoms with Crippen molar-refractivity contribution >= 4 is 5.91 Å². The van der Waals surface area contributed by atoms with Gasteiger partial charge in [0.25, 0.3) is 5.91 Å². The molecule has 0 heterocycles. The van der Waals surface area contributed by atoms with Crippen LogP contribution in [0.15, 0.2) is 24.3 Å².